The van der Waals surface area contributed by atoms with Gasteiger partial charge in [0.1, 0.15) is 13.2 Å². The Bertz CT molecular complexity index is 1270. The lowest BCUT2D eigenvalue weighted by Crippen LogP contribution is -2.30. The molecule has 0 N–H and O–H groups in total. The maximum atomic E-state index is 12.8. The van der Waals surface area contributed by atoms with Gasteiger partial charge in [-0.2, -0.15) is 0 Å². The summed E-state index contributed by atoms with van der Waals surface area (Å²) in [7, 11) is 0. The van der Waals surface area contributed by atoms with Crippen LogP contribution in [0.4, 0.5) is 0 Å². The highest BCUT2D eigenvalue weighted by atomic mass is 16.6. The van der Waals surface area contributed by atoms with Crippen LogP contribution in [0.2, 0.25) is 0 Å². The number of carbonyl (C=O) groups is 3. The molecule has 0 spiro atoms. The van der Waals surface area contributed by atoms with E-state index in [9.17, 15) is 14.4 Å². The molecule has 0 fully saturated rings. The van der Waals surface area contributed by atoms with E-state index in [1.165, 1.54) is 141 Å². The molecule has 0 aliphatic carbocycles. The lowest BCUT2D eigenvalue weighted by atomic mass is 10.0. The molecule has 0 heterocycles. The van der Waals surface area contributed by atoms with E-state index in [4.69, 9.17) is 14.2 Å². The molecule has 0 aromatic carbocycles. The van der Waals surface area contributed by atoms with E-state index in [-0.39, 0.29) is 31.1 Å². The lowest BCUT2D eigenvalue weighted by Gasteiger charge is -2.18. The summed E-state index contributed by atoms with van der Waals surface area (Å²) in [5.41, 5.74) is 0. The number of allylic oxidation sites excluding steroid dienone is 12. The van der Waals surface area contributed by atoms with Crippen LogP contribution in [0.5, 0.6) is 0 Å². The second kappa shape index (κ2) is 56.4. The summed E-state index contributed by atoms with van der Waals surface area (Å²) in [5.74, 6) is -0.882. The molecule has 0 radical (unpaired) electrons. The van der Waals surface area contributed by atoms with Gasteiger partial charge in [-0.15, -0.1) is 0 Å². The summed E-state index contributed by atoms with van der Waals surface area (Å²) in [6, 6.07) is 0. The van der Waals surface area contributed by atoms with E-state index in [1.807, 2.05) is 0 Å². The van der Waals surface area contributed by atoms with Crippen molar-refractivity contribution in [2.45, 2.75) is 290 Å². The number of ether oxygens (including phenoxy) is 3. The largest absolute Gasteiger partial charge is 0.462 e. The zero-order chi connectivity index (χ0) is 49.3. The molecule has 0 aromatic rings. The first-order valence-electron chi connectivity index (χ1n) is 28.9. The van der Waals surface area contributed by atoms with Gasteiger partial charge >= 0.3 is 17.9 Å². The van der Waals surface area contributed by atoms with Crippen molar-refractivity contribution < 1.29 is 28.6 Å². The van der Waals surface area contributed by atoms with Crippen LogP contribution in [0.15, 0.2) is 72.9 Å². The summed E-state index contributed by atoms with van der Waals surface area (Å²) < 4.78 is 16.8. The van der Waals surface area contributed by atoms with Crippen molar-refractivity contribution in [3.8, 4) is 0 Å². The molecule has 0 aromatic heterocycles. The average Bonchev–Trinajstić information content (AvgIpc) is 3.34. The standard InChI is InChI=1S/C62H108O6/c1-4-7-10-13-16-19-22-24-25-26-27-28-29-30-31-32-33-34-35-36-37-38-41-43-46-49-52-55-61(64)67-58-59(57-66-60(63)54-51-48-45-42-39-21-18-15-12-9-6-3)68-62(65)56-53-50-47-44-40-23-20-17-14-11-8-5-2/h7,10,16-17,19-20,24-25,27-28,30-31,59H,4-6,8-9,11-15,18,21-23,26,29,32-58H2,1-3H3/b10-7-,19-16-,20-17-,25-24-,28-27-,31-30-. The van der Waals surface area contributed by atoms with Crippen molar-refractivity contribution in [3.63, 3.8) is 0 Å². The van der Waals surface area contributed by atoms with Gasteiger partial charge in [0.2, 0.25) is 0 Å². The molecule has 6 heteroatoms. The van der Waals surface area contributed by atoms with Crippen LogP contribution in [0.1, 0.15) is 284 Å². The normalized spacial score (nSPS) is 12.6. The average molecular weight is 950 g/mol. The molecule has 6 nitrogen and oxygen atoms in total. The number of rotatable bonds is 52. The van der Waals surface area contributed by atoms with E-state index in [0.29, 0.717) is 19.3 Å². The molecule has 1 unspecified atom stereocenters. The smallest absolute Gasteiger partial charge is 0.306 e. The molecule has 1 atom stereocenters. The highest BCUT2D eigenvalue weighted by Crippen LogP contribution is 2.16. The molecule has 0 aliphatic rings. The van der Waals surface area contributed by atoms with E-state index >= 15 is 0 Å². The van der Waals surface area contributed by atoms with Crippen LogP contribution < -0.4 is 0 Å². The maximum Gasteiger partial charge on any atom is 0.306 e. The lowest BCUT2D eigenvalue weighted by molar-refractivity contribution is -0.167. The van der Waals surface area contributed by atoms with Crippen LogP contribution >= 0.6 is 0 Å². The Labute approximate surface area is 421 Å². The van der Waals surface area contributed by atoms with Crippen LogP contribution in [0.3, 0.4) is 0 Å². The fourth-order valence-electron chi connectivity index (χ4n) is 8.11. The van der Waals surface area contributed by atoms with Gasteiger partial charge < -0.3 is 14.2 Å². The van der Waals surface area contributed by atoms with E-state index in [2.05, 4.69) is 93.7 Å². The van der Waals surface area contributed by atoms with Crippen molar-refractivity contribution in [2.24, 2.45) is 0 Å². The van der Waals surface area contributed by atoms with Gasteiger partial charge in [0.25, 0.3) is 0 Å². The van der Waals surface area contributed by atoms with Crippen LogP contribution in [-0.2, 0) is 28.6 Å². The number of esters is 3. The molecule has 68 heavy (non-hydrogen) atoms. The first-order chi connectivity index (χ1) is 33.5. The minimum absolute atomic E-state index is 0.0764. The Morgan fingerprint density at radius 1 is 0.309 bits per heavy atom. The van der Waals surface area contributed by atoms with Gasteiger partial charge in [-0.1, -0.05) is 248 Å². The summed E-state index contributed by atoms with van der Waals surface area (Å²) in [6.07, 6.45) is 71.9. The highest BCUT2D eigenvalue weighted by Gasteiger charge is 2.19. The van der Waals surface area contributed by atoms with Gasteiger partial charge in [-0.25, -0.2) is 0 Å². The fourth-order valence-corrected chi connectivity index (χ4v) is 8.11. The Morgan fingerprint density at radius 2 is 0.574 bits per heavy atom. The molecule has 0 amide bonds. The quantitative estimate of drug-likeness (QED) is 0.0262. The molecule has 0 aliphatic heterocycles. The Morgan fingerprint density at radius 3 is 0.941 bits per heavy atom. The predicted octanol–water partition coefficient (Wildman–Crippen LogP) is 19.4. The Hall–Kier alpha value is -3.15. The summed E-state index contributed by atoms with van der Waals surface area (Å²) in [4.78, 5) is 38.0. The Kier molecular flexibility index (Phi) is 53.8. The molecular formula is C62H108O6. The first-order valence-corrected chi connectivity index (χ1v) is 28.9. The van der Waals surface area contributed by atoms with Gasteiger partial charge in [0.05, 0.1) is 0 Å². The topological polar surface area (TPSA) is 78.9 Å². The molecule has 0 bridgehead atoms. The molecular weight excluding hydrogens is 841 g/mol. The first kappa shape index (κ1) is 64.8. The van der Waals surface area contributed by atoms with Crippen molar-refractivity contribution in [3.05, 3.63) is 72.9 Å². The second-order valence-corrected chi connectivity index (χ2v) is 19.2. The zero-order valence-corrected chi connectivity index (χ0v) is 44.9. The maximum absolute atomic E-state index is 12.8. The summed E-state index contributed by atoms with van der Waals surface area (Å²) in [5, 5.41) is 0. The van der Waals surface area contributed by atoms with E-state index in [0.717, 1.165) is 103 Å². The van der Waals surface area contributed by atoms with Crippen molar-refractivity contribution in [2.75, 3.05) is 13.2 Å². The molecule has 0 saturated heterocycles. The van der Waals surface area contributed by atoms with Crippen LogP contribution in [-0.4, -0.2) is 37.2 Å². The zero-order valence-electron chi connectivity index (χ0n) is 44.9. The van der Waals surface area contributed by atoms with Gasteiger partial charge in [-0.05, 0) is 89.9 Å². The molecule has 392 valence electrons. The molecule has 0 rings (SSSR count). The number of unbranched alkanes of at least 4 members (excludes halogenated alkanes) is 29. The van der Waals surface area contributed by atoms with Gasteiger partial charge in [0, 0.05) is 19.3 Å². The summed E-state index contributed by atoms with van der Waals surface area (Å²) in [6.45, 7) is 6.50. The second-order valence-electron chi connectivity index (χ2n) is 19.2. The SMILES string of the molecule is CC/C=C\C/C=C\C/C=C\C/C=C\C/C=C\CCCCCCCCCCCCCC(=O)OCC(COC(=O)CCCCCCCCCCCCC)OC(=O)CCCCCCC/C=C\CCCCC. The third-order valence-corrected chi connectivity index (χ3v) is 12.4. The van der Waals surface area contributed by atoms with Gasteiger partial charge in [-0.3, -0.25) is 14.4 Å². The number of hydrogen-bond donors (Lipinski definition) is 0. The highest BCUT2D eigenvalue weighted by molar-refractivity contribution is 5.71. The van der Waals surface area contributed by atoms with E-state index < -0.39 is 6.10 Å². The van der Waals surface area contributed by atoms with Crippen molar-refractivity contribution >= 4 is 17.9 Å². The van der Waals surface area contributed by atoms with Crippen LogP contribution in [0.25, 0.3) is 0 Å². The number of carbonyl (C=O) groups excluding carboxylic acids is 3. The summed E-state index contributed by atoms with van der Waals surface area (Å²) >= 11 is 0. The minimum Gasteiger partial charge on any atom is -0.462 e. The predicted molar refractivity (Wildman–Crippen MR) is 293 cm³/mol. The Balaban J connectivity index is 4.20. The molecule has 0 saturated carbocycles. The fraction of sp³-hybridized carbons (Fsp3) is 0.758. The van der Waals surface area contributed by atoms with E-state index in [1.54, 1.807) is 0 Å². The van der Waals surface area contributed by atoms with Crippen molar-refractivity contribution in [1.82, 2.24) is 0 Å². The minimum atomic E-state index is -0.777. The van der Waals surface area contributed by atoms with Gasteiger partial charge in [0.15, 0.2) is 6.10 Å². The van der Waals surface area contributed by atoms with Crippen molar-refractivity contribution in [1.29, 1.82) is 0 Å². The third-order valence-electron chi connectivity index (χ3n) is 12.4. The monoisotopic (exact) mass is 949 g/mol. The number of hydrogen-bond acceptors (Lipinski definition) is 6. The van der Waals surface area contributed by atoms with Crippen LogP contribution in [0, 0.1) is 0 Å². The third kappa shape index (κ3) is 53.8.